The summed E-state index contributed by atoms with van der Waals surface area (Å²) in [6, 6.07) is 0. The van der Waals surface area contributed by atoms with Gasteiger partial charge in [0.25, 0.3) is 0 Å². The molecule has 0 rings (SSSR count). The fourth-order valence-electron chi connectivity index (χ4n) is 2.82. The minimum Gasteiger partial charge on any atom is -0.462 e. The van der Waals surface area contributed by atoms with Gasteiger partial charge in [0.2, 0.25) is 0 Å². The van der Waals surface area contributed by atoms with E-state index in [-0.39, 0.29) is 31.6 Å². The number of aliphatic hydroxyl groups excluding tert-OH is 1. The molecule has 0 bridgehead atoms. The van der Waals surface area contributed by atoms with Crippen LogP contribution >= 0.6 is 0 Å². The molecule has 5 nitrogen and oxygen atoms in total. The third-order valence-electron chi connectivity index (χ3n) is 4.61. The van der Waals surface area contributed by atoms with Crippen molar-refractivity contribution < 1.29 is 24.2 Å². The van der Waals surface area contributed by atoms with E-state index in [1.807, 2.05) is 0 Å². The highest BCUT2D eigenvalue weighted by atomic mass is 16.6. The zero-order valence-corrected chi connectivity index (χ0v) is 18.1. The van der Waals surface area contributed by atoms with Gasteiger partial charge in [-0.3, -0.25) is 9.59 Å². The Morgan fingerprint density at radius 3 is 1.96 bits per heavy atom. The predicted octanol–water partition coefficient (Wildman–Crippen LogP) is 5.49. The van der Waals surface area contributed by atoms with Crippen LogP contribution in [0.2, 0.25) is 0 Å². The Hall–Kier alpha value is -1.36. The van der Waals surface area contributed by atoms with Crippen molar-refractivity contribution in [1.29, 1.82) is 0 Å². The van der Waals surface area contributed by atoms with Gasteiger partial charge in [0.05, 0.1) is 6.61 Å². The van der Waals surface area contributed by atoms with E-state index in [0.717, 1.165) is 25.7 Å². The van der Waals surface area contributed by atoms with E-state index in [1.54, 1.807) is 6.92 Å². The van der Waals surface area contributed by atoms with E-state index in [1.165, 1.54) is 51.4 Å². The maximum atomic E-state index is 11.8. The van der Waals surface area contributed by atoms with Crippen LogP contribution in [0.1, 0.15) is 104 Å². The van der Waals surface area contributed by atoms with Gasteiger partial charge in [0, 0.05) is 12.8 Å². The number of allylic oxidation sites excluding steroid dienone is 2. The molecule has 28 heavy (non-hydrogen) atoms. The van der Waals surface area contributed by atoms with Crippen LogP contribution in [0.4, 0.5) is 0 Å². The van der Waals surface area contributed by atoms with E-state index in [2.05, 4.69) is 19.1 Å². The molecule has 1 N–H and O–H groups in total. The number of ether oxygens (including phenoxy) is 2. The summed E-state index contributed by atoms with van der Waals surface area (Å²) in [6.45, 7) is 3.51. The summed E-state index contributed by atoms with van der Waals surface area (Å²) >= 11 is 0. The number of esters is 2. The van der Waals surface area contributed by atoms with E-state index in [0.29, 0.717) is 6.42 Å². The maximum absolute atomic E-state index is 11.8. The van der Waals surface area contributed by atoms with Crippen molar-refractivity contribution in [2.45, 2.75) is 110 Å². The molecule has 0 aliphatic rings. The summed E-state index contributed by atoms with van der Waals surface area (Å²) in [6.07, 6.45) is 18.8. The van der Waals surface area contributed by atoms with Gasteiger partial charge in [-0.2, -0.15) is 0 Å². The van der Waals surface area contributed by atoms with Crippen LogP contribution in [0.5, 0.6) is 0 Å². The highest BCUT2D eigenvalue weighted by molar-refractivity contribution is 5.70. The van der Waals surface area contributed by atoms with Crippen molar-refractivity contribution >= 4 is 11.9 Å². The van der Waals surface area contributed by atoms with Gasteiger partial charge in [0.1, 0.15) is 6.61 Å². The van der Waals surface area contributed by atoms with Crippen molar-refractivity contribution in [2.24, 2.45) is 0 Å². The molecule has 0 aliphatic heterocycles. The highest BCUT2D eigenvalue weighted by Crippen LogP contribution is 2.10. The van der Waals surface area contributed by atoms with E-state index < -0.39 is 6.10 Å². The van der Waals surface area contributed by atoms with Crippen LogP contribution in [0.3, 0.4) is 0 Å². The molecule has 0 saturated heterocycles. The number of hydrogen-bond acceptors (Lipinski definition) is 5. The first-order valence-electron chi connectivity index (χ1n) is 11.2. The Morgan fingerprint density at radius 2 is 1.39 bits per heavy atom. The van der Waals surface area contributed by atoms with Gasteiger partial charge >= 0.3 is 11.9 Å². The summed E-state index contributed by atoms with van der Waals surface area (Å²) in [5.41, 5.74) is 0. The molecule has 0 aliphatic carbocycles. The van der Waals surface area contributed by atoms with Crippen LogP contribution < -0.4 is 0 Å². The largest absolute Gasteiger partial charge is 0.462 e. The van der Waals surface area contributed by atoms with Gasteiger partial charge in [-0.1, -0.05) is 70.9 Å². The lowest BCUT2D eigenvalue weighted by atomic mass is 10.1. The van der Waals surface area contributed by atoms with Gasteiger partial charge < -0.3 is 14.6 Å². The lowest BCUT2D eigenvalue weighted by Crippen LogP contribution is -2.28. The topological polar surface area (TPSA) is 72.8 Å². The fourth-order valence-corrected chi connectivity index (χ4v) is 2.82. The monoisotopic (exact) mass is 398 g/mol. The van der Waals surface area contributed by atoms with E-state index in [4.69, 9.17) is 9.47 Å². The Labute approximate surface area is 171 Å². The van der Waals surface area contributed by atoms with Crippen molar-refractivity contribution in [2.75, 3.05) is 13.2 Å². The molecule has 1 unspecified atom stereocenters. The molecular formula is C23H42O5. The van der Waals surface area contributed by atoms with Gasteiger partial charge in [-0.25, -0.2) is 0 Å². The molecule has 0 heterocycles. The molecule has 0 amide bonds. The van der Waals surface area contributed by atoms with Crippen molar-refractivity contribution in [3.8, 4) is 0 Å². The normalized spacial score (nSPS) is 12.2. The lowest BCUT2D eigenvalue weighted by molar-refractivity contribution is -0.161. The first kappa shape index (κ1) is 26.6. The summed E-state index contributed by atoms with van der Waals surface area (Å²) < 4.78 is 10.0. The smallest absolute Gasteiger partial charge is 0.306 e. The second-order valence-corrected chi connectivity index (χ2v) is 7.31. The molecule has 164 valence electrons. The number of carbonyl (C=O) groups is 2. The maximum Gasteiger partial charge on any atom is 0.306 e. The second kappa shape index (κ2) is 20.4. The number of unbranched alkanes of at least 4 members (excludes halogenated alkanes) is 10. The predicted molar refractivity (Wildman–Crippen MR) is 113 cm³/mol. The number of rotatable bonds is 19. The zero-order valence-electron chi connectivity index (χ0n) is 18.1. The summed E-state index contributed by atoms with van der Waals surface area (Å²) in [7, 11) is 0. The molecule has 0 saturated carbocycles. The summed E-state index contributed by atoms with van der Waals surface area (Å²) in [5, 5.41) is 9.18. The number of hydrogen-bond donors (Lipinski definition) is 1. The summed E-state index contributed by atoms with van der Waals surface area (Å²) in [4.78, 5) is 22.9. The van der Waals surface area contributed by atoms with E-state index in [9.17, 15) is 14.7 Å². The lowest BCUT2D eigenvalue weighted by Gasteiger charge is -2.15. The molecular weight excluding hydrogens is 356 g/mol. The zero-order chi connectivity index (χ0) is 20.9. The fraction of sp³-hybridized carbons (Fsp3) is 0.826. The average molecular weight is 399 g/mol. The minimum atomic E-state index is -0.763. The molecule has 0 aromatic rings. The molecule has 0 aromatic heterocycles. The molecule has 0 aromatic carbocycles. The highest BCUT2D eigenvalue weighted by Gasteiger charge is 2.15. The van der Waals surface area contributed by atoms with Crippen LogP contribution in [0.15, 0.2) is 12.2 Å². The van der Waals surface area contributed by atoms with Crippen molar-refractivity contribution in [1.82, 2.24) is 0 Å². The second-order valence-electron chi connectivity index (χ2n) is 7.31. The van der Waals surface area contributed by atoms with Crippen LogP contribution in [-0.4, -0.2) is 36.4 Å². The molecule has 5 heteroatoms. The van der Waals surface area contributed by atoms with Crippen molar-refractivity contribution in [3.63, 3.8) is 0 Å². The first-order valence-corrected chi connectivity index (χ1v) is 11.2. The third-order valence-corrected chi connectivity index (χ3v) is 4.61. The first-order chi connectivity index (χ1) is 13.6. The molecule has 1 atom stereocenters. The van der Waals surface area contributed by atoms with Gasteiger partial charge in [-0.15, -0.1) is 0 Å². The van der Waals surface area contributed by atoms with Crippen molar-refractivity contribution in [3.05, 3.63) is 12.2 Å². The quantitative estimate of drug-likeness (QED) is 0.177. The number of aliphatic hydroxyl groups is 1. The molecule has 0 fully saturated rings. The minimum absolute atomic E-state index is 0.0822. The third kappa shape index (κ3) is 18.0. The molecule has 0 radical (unpaired) electrons. The summed E-state index contributed by atoms with van der Waals surface area (Å²) in [5.74, 6) is -0.704. The van der Waals surface area contributed by atoms with E-state index >= 15 is 0 Å². The Balaban J connectivity index is 3.49. The number of carbonyl (C=O) groups excluding carboxylic acids is 2. The Morgan fingerprint density at radius 1 is 0.821 bits per heavy atom. The Bertz CT molecular complexity index is 406. The molecule has 0 spiro atoms. The van der Waals surface area contributed by atoms with Gasteiger partial charge in [0.15, 0.2) is 6.10 Å². The Kier molecular flexibility index (Phi) is 19.4. The van der Waals surface area contributed by atoms with Crippen LogP contribution in [-0.2, 0) is 19.1 Å². The average Bonchev–Trinajstić information content (AvgIpc) is 2.70. The van der Waals surface area contributed by atoms with Crippen LogP contribution in [0.25, 0.3) is 0 Å². The standard InChI is InChI=1S/C23H42O5/c1-3-5-6-7-8-9-10-11-12-13-14-15-16-17-18-23(26)28-21(19-24)20-27-22(25)4-2/h10-11,21,24H,3-9,12-20H2,1-2H3/b11-10-. The van der Waals surface area contributed by atoms with Crippen LogP contribution in [0, 0.1) is 0 Å². The SMILES string of the molecule is CCCCCCC/C=C\CCCCCCCC(=O)OC(CO)COC(=O)CC. The van der Waals surface area contributed by atoms with Gasteiger partial charge in [-0.05, 0) is 32.1 Å².